The van der Waals surface area contributed by atoms with Gasteiger partial charge in [-0.05, 0) is 29.6 Å². The topological polar surface area (TPSA) is 52.0 Å². The van der Waals surface area contributed by atoms with Crippen LogP contribution in [0.15, 0.2) is 49.2 Å². The van der Waals surface area contributed by atoms with Crippen molar-refractivity contribution < 1.29 is 4.52 Å². The second-order valence-electron chi connectivity index (χ2n) is 3.87. The summed E-state index contributed by atoms with van der Waals surface area (Å²) in [5, 5.41) is 5.89. The molecule has 0 amide bonds. The highest BCUT2D eigenvalue weighted by Crippen LogP contribution is 2.41. The Balaban J connectivity index is 2.24. The van der Waals surface area contributed by atoms with Gasteiger partial charge in [0.1, 0.15) is 0 Å². The molecule has 0 spiro atoms. The highest BCUT2D eigenvalue weighted by molar-refractivity contribution is 9.11. The monoisotopic (exact) mass is 398 g/mol. The number of benzene rings is 1. The van der Waals surface area contributed by atoms with Crippen LogP contribution < -0.4 is 5.73 Å². The highest BCUT2D eigenvalue weighted by Gasteiger charge is 2.20. The number of nitrogens with two attached hydrogens (primary N) is 1. The summed E-state index contributed by atoms with van der Waals surface area (Å²) in [4.78, 5) is 1.04. The third kappa shape index (κ3) is 2.35. The van der Waals surface area contributed by atoms with E-state index in [0.29, 0.717) is 11.6 Å². The van der Waals surface area contributed by atoms with Gasteiger partial charge in [0.2, 0.25) is 0 Å². The fraction of sp³-hybridized carbons (Fsp3) is 0. The number of hydrogen-bond donors (Lipinski definition) is 1. The molecule has 2 N–H and O–H groups in total. The Kier molecular flexibility index (Phi) is 3.47. The molecule has 0 unspecified atom stereocenters. The normalized spacial score (nSPS) is 10.8. The predicted octanol–water partition coefficient (Wildman–Crippen LogP) is 5.18. The fourth-order valence-corrected chi connectivity index (χ4v) is 3.38. The summed E-state index contributed by atoms with van der Waals surface area (Å²) in [6.07, 6.45) is 0. The van der Waals surface area contributed by atoms with Crippen molar-refractivity contribution in [2.45, 2.75) is 0 Å². The first-order chi connectivity index (χ1) is 9.16. The maximum absolute atomic E-state index is 5.93. The van der Waals surface area contributed by atoms with Crippen molar-refractivity contribution in [2.24, 2.45) is 0 Å². The summed E-state index contributed by atoms with van der Waals surface area (Å²) in [5.41, 5.74) is 7.69. The number of thiophene rings is 1. The van der Waals surface area contributed by atoms with Crippen molar-refractivity contribution in [3.05, 3.63) is 44.7 Å². The molecule has 2 heterocycles. The Morgan fingerprint density at radius 3 is 2.79 bits per heavy atom. The van der Waals surface area contributed by atoms with Crippen LogP contribution in [0, 0.1) is 0 Å². The maximum atomic E-state index is 5.93. The van der Waals surface area contributed by atoms with E-state index in [1.54, 1.807) is 11.3 Å². The molecule has 0 atom stereocenters. The van der Waals surface area contributed by atoms with Gasteiger partial charge in [-0.1, -0.05) is 43.1 Å². The number of nitrogen functional groups attached to an aromatic ring is 1. The molecule has 2 aromatic heterocycles. The number of rotatable bonds is 2. The SMILES string of the molecule is Nc1noc(-c2cc(Br)ccc2Br)c1-c1cccs1. The molecule has 6 heteroatoms. The van der Waals surface area contributed by atoms with Crippen molar-refractivity contribution in [3.8, 4) is 21.8 Å². The van der Waals surface area contributed by atoms with Crippen molar-refractivity contribution in [1.29, 1.82) is 0 Å². The molecule has 0 saturated carbocycles. The molecule has 0 aliphatic rings. The minimum Gasteiger partial charge on any atom is -0.380 e. The van der Waals surface area contributed by atoms with Gasteiger partial charge in [-0.2, -0.15) is 0 Å². The van der Waals surface area contributed by atoms with Crippen LogP contribution in [-0.2, 0) is 0 Å². The maximum Gasteiger partial charge on any atom is 0.178 e. The average molecular weight is 400 g/mol. The van der Waals surface area contributed by atoms with Gasteiger partial charge >= 0.3 is 0 Å². The minimum absolute atomic E-state index is 0.407. The van der Waals surface area contributed by atoms with Gasteiger partial charge < -0.3 is 10.3 Å². The number of anilines is 1. The van der Waals surface area contributed by atoms with Crippen LogP contribution >= 0.6 is 43.2 Å². The Bertz CT molecular complexity index is 722. The number of nitrogens with zero attached hydrogens (tertiary/aromatic N) is 1. The molecule has 3 rings (SSSR count). The second-order valence-corrected chi connectivity index (χ2v) is 6.59. The van der Waals surface area contributed by atoms with Crippen LogP contribution in [0.2, 0.25) is 0 Å². The van der Waals surface area contributed by atoms with Gasteiger partial charge in [0.25, 0.3) is 0 Å². The van der Waals surface area contributed by atoms with E-state index in [1.165, 1.54) is 0 Å². The van der Waals surface area contributed by atoms with Gasteiger partial charge in [0.05, 0.1) is 5.56 Å². The largest absolute Gasteiger partial charge is 0.380 e. The first-order valence-electron chi connectivity index (χ1n) is 5.41. The standard InChI is InChI=1S/C13H8Br2N2OS/c14-7-3-4-9(15)8(6-7)12-11(13(16)17-18-12)10-2-1-5-19-10/h1-6H,(H2,16,17). The van der Waals surface area contributed by atoms with Gasteiger partial charge in [0, 0.05) is 19.4 Å². The van der Waals surface area contributed by atoms with Gasteiger partial charge in [-0.25, -0.2) is 0 Å². The van der Waals surface area contributed by atoms with E-state index in [9.17, 15) is 0 Å². The molecule has 3 nitrogen and oxygen atoms in total. The lowest BCUT2D eigenvalue weighted by molar-refractivity contribution is 0.436. The Morgan fingerprint density at radius 2 is 2.05 bits per heavy atom. The zero-order chi connectivity index (χ0) is 13.4. The molecule has 0 radical (unpaired) electrons. The number of hydrogen-bond acceptors (Lipinski definition) is 4. The second kappa shape index (κ2) is 5.11. The molecular weight excluding hydrogens is 392 g/mol. The number of halogens is 2. The molecule has 0 aliphatic carbocycles. The summed E-state index contributed by atoms with van der Waals surface area (Å²) in [6, 6.07) is 9.87. The molecule has 19 heavy (non-hydrogen) atoms. The molecule has 1 aromatic carbocycles. The van der Waals surface area contributed by atoms with Crippen molar-refractivity contribution in [3.63, 3.8) is 0 Å². The average Bonchev–Trinajstić information content (AvgIpc) is 3.01. The summed E-state index contributed by atoms with van der Waals surface area (Å²) in [5.74, 6) is 1.08. The van der Waals surface area contributed by atoms with E-state index in [2.05, 4.69) is 37.0 Å². The lowest BCUT2D eigenvalue weighted by Gasteiger charge is -2.03. The summed E-state index contributed by atoms with van der Waals surface area (Å²) < 4.78 is 7.33. The third-order valence-corrected chi connectivity index (χ3v) is 4.73. The smallest absolute Gasteiger partial charge is 0.178 e. The first kappa shape index (κ1) is 12.9. The minimum atomic E-state index is 0.407. The van der Waals surface area contributed by atoms with E-state index in [1.807, 2.05) is 35.7 Å². The summed E-state index contributed by atoms with van der Waals surface area (Å²) >= 11 is 8.60. The summed E-state index contributed by atoms with van der Waals surface area (Å²) in [6.45, 7) is 0. The molecule has 0 bridgehead atoms. The molecule has 0 aliphatic heterocycles. The van der Waals surface area contributed by atoms with E-state index in [4.69, 9.17) is 10.3 Å². The predicted molar refractivity (Wildman–Crippen MR) is 85.1 cm³/mol. The van der Waals surface area contributed by atoms with Crippen LogP contribution in [0.25, 0.3) is 21.8 Å². The lowest BCUT2D eigenvalue weighted by Crippen LogP contribution is -1.87. The zero-order valence-electron chi connectivity index (χ0n) is 9.56. The van der Waals surface area contributed by atoms with E-state index in [-0.39, 0.29) is 0 Å². The molecule has 3 aromatic rings. The van der Waals surface area contributed by atoms with E-state index < -0.39 is 0 Å². The van der Waals surface area contributed by atoms with Gasteiger partial charge in [-0.15, -0.1) is 11.3 Å². The van der Waals surface area contributed by atoms with Crippen molar-refractivity contribution in [1.82, 2.24) is 5.16 Å². The zero-order valence-corrected chi connectivity index (χ0v) is 13.5. The van der Waals surface area contributed by atoms with E-state index >= 15 is 0 Å². The third-order valence-electron chi connectivity index (χ3n) is 2.66. The lowest BCUT2D eigenvalue weighted by atomic mass is 10.1. The highest BCUT2D eigenvalue weighted by atomic mass is 79.9. The molecular formula is C13H8Br2N2OS. The van der Waals surface area contributed by atoms with Crippen molar-refractivity contribution >= 4 is 49.0 Å². The van der Waals surface area contributed by atoms with Crippen LogP contribution in [0.3, 0.4) is 0 Å². The number of aromatic nitrogens is 1. The first-order valence-corrected chi connectivity index (χ1v) is 7.88. The van der Waals surface area contributed by atoms with Gasteiger partial charge in [0.15, 0.2) is 11.6 Å². The Hall–Kier alpha value is -1.11. The van der Waals surface area contributed by atoms with Crippen LogP contribution in [0.4, 0.5) is 5.82 Å². The van der Waals surface area contributed by atoms with E-state index in [0.717, 1.165) is 24.9 Å². The fourth-order valence-electron chi connectivity index (χ4n) is 1.82. The summed E-state index contributed by atoms with van der Waals surface area (Å²) in [7, 11) is 0. The van der Waals surface area contributed by atoms with Crippen molar-refractivity contribution in [2.75, 3.05) is 5.73 Å². The molecule has 96 valence electrons. The van der Waals surface area contributed by atoms with Crippen LogP contribution in [0.5, 0.6) is 0 Å². The Labute approximate surface area is 130 Å². The molecule has 0 saturated heterocycles. The quantitative estimate of drug-likeness (QED) is 0.645. The van der Waals surface area contributed by atoms with Crippen LogP contribution in [0.1, 0.15) is 0 Å². The Morgan fingerprint density at radius 1 is 1.21 bits per heavy atom. The van der Waals surface area contributed by atoms with Crippen LogP contribution in [-0.4, -0.2) is 5.16 Å². The van der Waals surface area contributed by atoms with Gasteiger partial charge in [-0.3, -0.25) is 0 Å². The molecule has 0 fully saturated rings.